The van der Waals surface area contributed by atoms with Gasteiger partial charge in [-0.2, -0.15) is 4.98 Å². The lowest BCUT2D eigenvalue weighted by Gasteiger charge is -2.17. The molecule has 2 aromatic heterocycles. The Hall–Kier alpha value is -3.42. The van der Waals surface area contributed by atoms with E-state index < -0.39 is 0 Å². The molecule has 0 aliphatic heterocycles. The number of nitrogens with one attached hydrogen (secondary N) is 1. The molecule has 0 saturated heterocycles. The molecule has 0 fully saturated rings. The maximum Gasteiger partial charge on any atom is 0.260 e. The Kier molecular flexibility index (Phi) is 9.14. The standard InChI is InChI=1S/C29H35ClN6O/c1-3-35(4-2)17-8-7-16-32-29-33-20-22-19-25(24-9-5-6-10-26(24)30)28(37)36(27(22)34-29)18-15-21-11-13-23(31)14-12-21/h5-6,9-14,19-20H,3-4,7-8,15-18,31H2,1-2H3,(H,32,33,34). The van der Waals surface area contributed by atoms with Gasteiger partial charge in [0.25, 0.3) is 5.56 Å². The molecule has 0 amide bonds. The molecule has 2 aromatic carbocycles. The van der Waals surface area contributed by atoms with Gasteiger partial charge in [-0.1, -0.05) is 55.8 Å². The second-order valence-electron chi connectivity index (χ2n) is 9.12. The molecule has 4 aromatic rings. The smallest absolute Gasteiger partial charge is 0.260 e. The number of halogens is 1. The lowest BCUT2D eigenvalue weighted by molar-refractivity contribution is 0.298. The van der Waals surface area contributed by atoms with Crippen molar-refractivity contribution < 1.29 is 0 Å². The number of aromatic nitrogens is 3. The number of aryl methyl sites for hydroxylation is 2. The van der Waals surface area contributed by atoms with Crippen LogP contribution in [0.3, 0.4) is 0 Å². The van der Waals surface area contributed by atoms with Crippen molar-refractivity contribution in [2.24, 2.45) is 0 Å². The largest absolute Gasteiger partial charge is 0.399 e. The van der Waals surface area contributed by atoms with Gasteiger partial charge in [0.05, 0.1) is 0 Å². The number of hydrogen-bond donors (Lipinski definition) is 2. The van der Waals surface area contributed by atoms with Gasteiger partial charge in [0.1, 0.15) is 5.65 Å². The van der Waals surface area contributed by atoms with E-state index in [1.807, 2.05) is 48.5 Å². The SMILES string of the molecule is CCN(CC)CCCCNc1ncc2cc(-c3ccccc3Cl)c(=O)n(CCc3ccc(N)cc3)c2n1. The van der Waals surface area contributed by atoms with Crippen LogP contribution in [-0.2, 0) is 13.0 Å². The number of pyridine rings is 1. The molecule has 194 valence electrons. The molecule has 0 aliphatic rings. The van der Waals surface area contributed by atoms with Crippen LogP contribution < -0.4 is 16.6 Å². The fourth-order valence-electron chi connectivity index (χ4n) is 4.45. The molecule has 0 radical (unpaired) electrons. The third-order valence-corrected chi connectivity index (χ3v) is 7.00. The average molecular weight is 519 g/mol. The summed E-state index contributed by atoms with van der Waals surface area (Å²) in [5.41, 5.74) is 9.37. The third-order valence-electron chi connectivity index (χ3n) is 6.67. The molecule has 0 spiro atoms. The quantitative estimate of drug-likeness (QED) is 0.191. The summed E-state index contributed by atoms with van der Waals surface area (Å²) in [6.45, 7) is 8.85. The summed E-state index contributed by atoms with van der Waals surface area (Å²) in [4.78, 5) is 25.5. The zero-order valence-corrected chi connectivity index (χ0v) is 22.3. The molecule has 2 heterocycles. The molecule has 8 heteroatoms. The Bertz CT molecular complexity index is 1380. The van der Waals surface area contributed by atoms with Crippen molar-refractivity contribution in [1.82, 2.24) is 19.4 Å². The number of anilines is 2. The van der Waals surface area contributed by atoms with E-state index in [9.17, 15) is 4.79 Å². The Labute approximate surface area is 223 Å². The molecule has 0 unspecified atom stereocenters. The van der Waals surface area contributed by atoms with Crippen LogP contribution in [0.2, 0.25) is 5.02 Å². The predicted molar refractivity (Wildman–Crippen MR) is 154 cm³/mol. The summed E-state index contributed by atoms with van der Waals surface area (Å²) < 4.78 is 1.73. The van der Waals surface area contributed by atoms with Crippen LogP contribution >= 0.6 is 11.6 Å². The summed E-state index contributed by atoms with van der Waals surface area (Å²) in [5, 5.41) is 4.66. The number of fused-ring (bicyclic) bond motifs is 1. The number of nitrogens with two attached hydrogens (primary N) is 1. The molecular formula is C29H35ClN6O. The minimum atomic E-state index is -0.125. The predicted octanol–water partition coefficient (Wildman–Crippen LogP) is 5.47. The van der Waals surface area contributed by atoms with E-state index in [0.29, 0.717) is 46.4 Å². The van der Waals surface area contributed by atoms with E-state index >= 15 is 0 Å². The monoisotopic (exact) mass is 518 g/mol. The molecule has 0 saturated carbocycles. The molecule has 4 rings (SSSR count). The first-order valence-electron chi connectivity index (χ1n) is 13.0. The van der Waals surface area contributed by atoms with Crippen molar-refractivity contribution in [3.8, 4) is 11.1 Å². The first-order valence-corrected chi connectivity index (χ1v) is 13.3. The molecule has 0 bridgehead atoms. The molecule has 0 aliphatic carbocycles. The summed E-state index contributed by atoms with van der Waals surface area (Å²) >= 11 is 6.46. The first kappa shape index (κ1) is 26.6. The second kappa shape index (κ2) is 12.7. The lowest BCUT2D eigenvalue weighted by atomic mass is 10.1. The van der Waals surface area contributed by atoms with E-state index in [1.165, 1.54) is 0 Å². The maximum absolute atomic E-state index is 13.7. The van der Waals surface area contributed by atoms with Crippen molar-refractivity contribution in [2.45, 2.75) is 39.7 Å². The molecule has 37 heavy (non-hydrogen) atoms. The van der Waals surface area contributed by atoms with Gasteiger partial charge >= 0.3 is 0 Å². The van der Waals surface area contributed by atoms with Crippen LogP contribution in [0, 0.1) is 0 Å². The summed E-state index contributed by atoms with van der Waals surface area (Å²) in [5.74, 6) is 0.529. The van der Waals surface area contributed by atoms with E-state index in [-0.39, 0.29) is 5.56 Å². The highest BCUT2D eigenvalue weighted by Crippen LogP contribution is 2.27. The van der Waals surface area contributed by atoms with Gasteiger partial charge in [0.15, 0.2) is 0 Å². The lowest BCUT2D eigenvalue weighted by Crippen LogP contribution is -2.25. The molecule has 0 atom stereocenters. The van der Waals surface area contributed by atoms with Crippen LogP contribution in [-0.4, -0.2) is 45.6 Å². The minimum absolute atomic E-state index is 0.125. The highest BCUT2D eigenvalue weighted by Gasteiger charge is 2.15. The van der Waals surface area contributed by atoms with Crippen molar-refractivity contribution >= 4 is 34.3 Å². The second-order valence-corrected chi connectivity index (χ2v) is 9.53. The number of hydrogen-bond acceptors (Lipinski definition) is 6. The molecule has 7 nitrogen and oxygen atoms in total. The maximum atomic E-state index is 13.7. The van der Waals surface area contributed by atoms with E-state index in [4.69, 9.17) is 22.3 Å². The number of unbranched alkanes of at least 4 members (excludes halogenated alkanes) is 1. The zero-order chi connectivity index (χ0) is 26.2. The number of nitrogens with zero attached hydrogens (tertiary/aromatic N) is 4. The van der Waals surface area contributed by atoms with Crippen molar-refractivity contribution in [3.05, 3.63) is 81.7 Å². The fourth-order valence-corrected chi connectivity index (χ4v) is 4.69. The first-order chi connectivity index (χ1) is 18.0. The Morgan fingerprint density at radius 1 is 1.03 bits per heavy atom. The van der Waals surface area contributed by atoms with Crippen molar-refractivity contribution in [1.29, 1.82) is 0 Å². The summed E-state index contributed by atoms with van der Waals surface area (Å²) in [6, 6.07) is 17.0. The van der Waals surface area contributed by atoms with Gasteiger partial charge in [0, 0.05) is 46.5 Å². The Balaban J connectivity index is 1.62. The zero-order valence-electron chi connectivity index (χ0n) is 21.6. The van der Waals surface area contributed by atoms with Gasteiger partial charge < -0.3 is 16.0 Å². The van der Waals surface area contributed by atoms with Crippen LogP contribution in [0.4, 0.5) is 11.6 Å². The topological polar surface area (TPSA) is 89.1 Å². The van der Waals surface area contributed by atoms with Gasteiger partial charge in [-0.25, -0.2) is 4.98 Å². The minimum Gasteiger partial charge on any atom is -0.399 e. The molecular weight excluding hydrogens is 484 g/mol. The number of benzene rings is 2. The highest BCUT2D eigenvalue weighted by atomic mass is 35.5. The Morgan fingerprint density at radius 3 is 2.51 bits per heavy atom. The fraction of sp³-hybridized carbons (Fsp3) is 0.345. The van der Waals surface area contributed by atoms with E-state index in [2.05, 4.69) is 29.0 Å². The molecule has 3 N–H and O–H groups in total. The van der Waals surface area contributed by atoms with Gasteiger partial charge in [-0.15, -0.1) is 0 Å². The number of rotatable bonds is 12. The van der Waals surface area contributed by atoms with E-state index in [1.54, 1.807) is 16.8 Å². The normalized spacial score (nSPS) is 11.4. The highest BCUT2D eigenvalue weighted by molar-refractivity contribution is 6.33. The third kappa shape index (κ3) is 6.67. The summed E-state index contributed by atoms with van der Waals surface area (Å²) in [6.07, 6.45) is 4.57. The van der Waals surface area contributed by atoms with E-state index in [0.717, 1.165) is 50.0 Å². The average Bonchev–Trinajstić information content (AvgIpc) is 2.91. The van der Waals surface area contributed by atoms with Gasteiger partial charge in [-0.05, 0) is 68.7 Å². The van der Waals surface area contributed by atoms with Crippen LogP contribution in [0.15, 0.2) is 65.6 Å². The van der Waals surface area contributed by atoms with Crippen LogP contribution in [0.5, 0.6) is 0 Å². The van der Waals surface area contributed by atoms with Gasteiger partial charge in [0.2, 0.25) is 5.95 Å². The Morgan fingerprint density at radius 2 is 1.78 bits per heavy atom. The van der Waals surface area contributed by atoms with Crippen molar-refractivity contribution in [3.63, 3.8) is 0 Å². The van der Waals surface area contributed by atoms with Crippen LogP contribution in [0.25, 0.3) is 22.2 Å². The van der Waals surface area contributed by atoms with Gasteiger partial charge in [-0.3, -0.25) is 9.36 Å². The van der Waals surface area contributed by atoms with Crippen molar-refractivity contribution in [2.75, 3.05) is 37.2 Å². The summed E-state index contributed by atoms with van der Waals surface area (Å²) in [7, 11) is 0. The van der Waals surface area contributed by atoms with Crippen LogP contribution in [0.1, 0.15) is 32.3 Å². The number of nitrogen functional groups attached to an aromatic ring is 1.